The van der Waals surface area contributed by atoms with E-state index in [9.17, 15) is 4.39 Å². The molecule has 7 nitrogen and oxygen atoms in total. The third-order valence-corrected chi connectivity index (χ3v) is 4.35. The second-order valence-corrected chi connectivity index (χ2v) is 6.30. The van der Waals surface area contributed by atoms with Gasteiger partial charge in [0.05, 0.1) is 12.8 Å². The zero-order valence-electron chi connectivity index (χ0n) is 15.0. The van der Waals surface area contributed by atoms with Crippen molar-refractivity contribution in [2.75, 3.05) is 13.2 Å². The molecular weight excluding hydrogens is 351 g/mol. The molecule has 27 heavy (non-hydrogen) atoms. The third-order valence-electron chi connectivity index (χ3n) is 4.35. The summed E-state index contributed by atoms with van der Waals surface area (Å²) in [5.74, 6) is 0.499. The SMILES string of the molecule is Cc1cc2c(F)c(Oc3ncnn4cc(OCCCO)c(C)c34)ccc2[nH]1. The minimum Gasteiger partial charge on any atom is -0.492 e. The molecule has 0 atom stereocenters. The Bertz CT molecular complexity index is 1120. The number of hydrogen-bond acceptors (Lipinski definition) is 5. The Balaban J connectivity index is 1.72. The number of benzene rings is 1. The molecular formula is C19H19FN4O3. The number of aliphatic hydroxyl groups excluding tert-OH is 1. The third kappa shape index (κ3) is 3.08. The van der Waals surface area contributed by atoms with Crippen LogP contribution in [0.5, 0.6) is 17.4 Å². The normalized spacial score (nSPS) is 11.4. The fraction of sp³-hybridized carbons (Fsp3) is 0.263. The van der Waals surface area contributed by atoms with Crippen molar-refractivity contribution in [3.05, 3.63) is 47.8 Å². The minimum absolute atomic E-state index is 0.0565. The van der Waals surface area contributed by atoms with Crippen molar-refractivity contribution in [3.8, 4) is 17.4 Å². The fourth-order valence-electron chi connectivity index (χ4n) is 3.04. The van der Waals surface area contributed by atoms with Crippen molar-refractivity contribution in [2.24, 2.45) is 0 Å². The molecule has 0 saturated heterocycles. The standard InChI is InChI=1S/C19H19FN4O3/c1-11-8-13-14(23-11)4-5-15(17(13)20)27-19-18-12(2)16(26-7-3-6-25)9-24(18)22-10-21-19/h4-5,8-10,23,25H,3,6-7H2,1-2H3. The number of fused-ring (bicyclic) bond motifs is 2. The van der Waals surface area contributed by atoms with E-state index >= 15 is 0 Å². The van der Waals surface area contributed by atoms with E-state index in [2.05, 4.69) is 15.1 Å². The highest BCUT2D eigenvalue weighted by atomic mass is 19.1. The number of aliphatic hydroxyl groups is 1. The average Bonchev–Trinajstić information content (AvgIpc) is 3.19. The molecule has 3 heterocycles. The zero-order chi connectivity index (χ0) is 19.0. The van der Waals surface area contributed by atoms with E-state index in [4.69, 9.17) is 14.6 Å². The van der Waals surface area contributed by atoms with Crippen LogP contribution in [0.1, 0.15) is 17.7 Å². The molecule has 0 aliphatic carbocycles. The number of H-pyrrole nitrogens is 1. The number of rotatable bonds is 6. The lowest BCUT2D eigenvalue weighted by atomic mass is 10.2. The largest absolute Gasteiger partial charge is 0.492 e. The summed E-state index contributed by atoms with van der Waals surface area (Å²) < 4.78 is 27.9. The van der Waals surface area contributed by atoms with Gasteiger partial charge in [0.1, 0.15) is 17.6 Å². The smallest absolute Gasteiger partial charge is 0.247 e. The first-order chi connectivity index (χ1) is 13.1. The van der Waals surface area contributed by atoms with Gasteiger partial charge in [-0.1, -0.05) is 0 Å². The number of aromatic nitrogens is 4. The molecule has 140 valence electrons. The molecule has 0 unspecified atom stereocenters. The highest BCUT2D eigenvalue weighted by molar-refractivity contribution is 5.83. The molecule has 4 rings (SSSR count). The van der Waals surface area contributed by atoms with Crippen LogP contribution in [0, 0.1) is 19.7 Å². The van der Waals surface area contributed by atoms with E-state index in [-0.39, 0.29) is 18.2 Å². The molecule has 0 bridgehead atoms. The van der Waals surface area contributed by atoms with E-state index in [0.29, 0.717) is 35.2 Å². The van der Waals surface area contributed by atoms with Crippen LogP contribution in [-0.4, -0.2) is 37.9 Å². The summed E-state index contributed by atoms with van der Waals surface area (Å²) in [6.45, 7) is 4.17. The first-order valence-corrected chi connectivity index (χ1v) is 8.60. The molecule has 8 heteroatoms. The van der Waals surface area contributed by atoms with Gasteiger partial charge in [-0.15, -0.1) is 0 Å². The van der Waals surface area contributed by atoms with Crippen LogP contribution in [0.25, 0.3) is 16.4 Å². The lowest BCUT2D eigenvalue weighted by molar-refractivity contribution is 0.233. The molecule has 3 aromatic heterocycles. The van der Waals surface area contributed by atoms with Gasteiger partial charge in [0.2, 0.25) is 5.88 Å². The van der Waals surface area contributed by atoms with E-state index in [0.717, 1.165) is 11.3 Å². The molecule has 0 fully saturated rings. The fourth-order valence-corrected chi connectivity index (χ4v) is 3.04. The van der Waals surface area contributed by atoms with Crippen LogP contribution < -0.4 is 9.47 Å². The number of aromatic amines is 1. The zero-order valence-corrected chi connectivity index (χ0v) is 15.0. The maximum Gasteiger partial charge on any atom is 0.247 e. The van der Waals surface area contributed by atoms with Crippen LogP contribution in [-0.2, 0) is 0 Å². The van der Waals surface area contributed by atoms with E-state index < -0.39 is 5.82 Å². The van der Waals surface area contributed by atoms with Gasteiger partial charge < -0.3 is 19.6 Å². The van der Waals surface area contributed by atoms with Crippen molar-refractivity contribution >= 4 is 16.4 Å². The first kappa shape index (κ1) is 17.3. The maximum atomic E-state index is 14.8. The molecule has 0 amide bonds. The van der Waals surface area contributed by atoms with Crippen LogP contribution in [0.15, 0.2) is 30.7 Å². The number of hydrogen-bond donors (Lipinski definition) is 2. The van der Waals surface area contributed by atoms with Gasteiger partial charge in [-0.25, -0.2) is 8.91 Å². The number of halogens is 1. The van der Waals surface area contributed by atoms with E-state index in [1.807, 2.05) is 13.8 Å². The topological polar surface area (TPSA) is 84.7 Å². The quantitative estimate of drug-likeness (QED) is 0.507. The highest BCUT2D eigenvalue weighted by Crippen LogP contribution is 2.34. The summed E-state index contributed by atoms with van der Waals surface area (Å²) in [4.78, 5) is 7.27. The summed E-state index contributed by atoms with van der Waals surface area (Å²) in [6.07, 6.45) is 3.59. The van der Waals surface area contributed by atoms with Gasteiger partial charge in [0.15, 0.2) is 11.6 Å². The van der Waals surface area contributed by atoms with Gasteiger partial charge in [0.25, 0.3) is 0 Å². The van der Waals surface area contributed by atoms with Crippen molar-refractivity contribution in [1.29, 1.82) is 0 Å². The Hall–Kier alpha value is -3.13. The van der Waals surface area contributed by atoms with Gasteiger partial charge in [0, 0.05) is 35.2 Å². The van der Waals surface area contributed by atoms with Crippen molar-refractivity contribution in [1.82, 2.24) is 19.6 Å². The second kappa shape index (κ2) is 6.88. The van der Waals surface area contributed by atoms with Crippen LogP contribution in [0.2, 0.25) is 0 Å². The maximum absolute atomic E-state index is 14.8. The summed E-state index contributed by atoms with van der Waals surface area (Å²) in [6, 6.07) is 5.08. The van der Waals surface area contributed by atoms with Crippen LogP contribution in [0.3, 0.4) is 0 Å². The molecule has 0 saturated carbocycles. The van der Waals surface area contributed by atoms with Gasteiger partial charge >= 0.3 is 0 Å². The van der Waals surface area contributed by atoms with Crippen molar-refractivity contribution in [3.63, 3.8) is 0 Å². The van der Waals surface area contributed by atoms with E-state index in [1.54, 1.807) is 28.9 Å². The molecule has 4 aromatic rings. The number of aryl methyl sites for hydroxylation is 2. The summed E-state index contributed by atoms with van der Waals surface area (Å²) in [7, 11) is 0. The average molecular weight is 370 g/mol. The molecule has 0 aliphatic heterocycles. The Morgan fingerprint density at radius 2 is 2.11 bits per heavy atom. The van der Waals surface area contributed by atoms with Gasteiger partial charge in [-0.05, 0) is 32.0 Å². The summed E-state index contributed by atoms with van der Waals surface area (Å²) in [5, 5.41) is 13.5. The monoisotopic (exact) mass is 370 g/mol. The lowest BCUT2D eigenvalue weighted by Gasteiger charge is -2.08. The lowest BCUT2D eigenvalue weighted by Crippen LogP contribution is -1.99. The summed E-state index contributed by atoms with van der Waals surface area (Å²) in [5.41, 5.74) is 2.96. The Kier molecular flexibility index (Phi) is 4.41. The van der Waals surface area contributed by atoms with Gasteiger partial charge in [-0.3, -0.25) is 0 Å². The number of nitrogens with one attached hydrogen (secondary N) is 1. The number of nitrogens with zero attached hydrogens (tertiary/aromatic N) is 3. The van der Waals surface area contributed by atoms with Crippen molar-refractivity contribution < 1.29 is 19.0 Å². The van der Waals surface area contributed by atoms with Crippen LogP contribution >= 0.6 is 0 Å². The summed E-state index contributed by atoms with van der Waals surface area (Å²) >= 11 is 0. The highest BCUT2D eigenvalue weighted by Gasteiger charge is 2.18. The van der Waals surface area contributed by atoms with Gasteiger partial charge in [-0.2, -0.15) is 10.1 Å². The van der Waals surface area contributed by atoms with Crippen molar-refractivity contribution in [2.45, 2.75) is 20.3 Å². The Morgan fingerprint density at radius 1 is 1.26 bits per heavy atom. The minimum atomic E-state index is -0.447. The van der Waals surface area contributed by atoms with Crippen LogP contribution in [0.4, 0.5) is 4.39 Å². The second-order valence-electron chi connectivity index (χ2n) is 6.30. The predicted molar refractivity (Wildman–Crippen MR) is 98.0 cm³/mol. The predicted octanol–water partition coefficient (Wildman–Crippen LogP) is 3.52. The molecule has 0 spiro atoms. The Morgan fingerprint density at radius 3 is 2.93 bits per heavy atom. The molecule has 0 aliphatic rings. The van der Waals surface area contributed by atoms with E-state index in [1.165, 1.54) is 6.33 Å². The molecule has 2 N–H and O–H groups in total. The Labute approximate surface area is 154 Å². The molecule has 0 radical (unpaired) electrons. The molecule has 1 aromatic carbocycles. The first-order valence-electron chi connectivity index (χ1n) is 8.60. The number of ether oxygens (including phenoxy) is 2.